The van der Waals surface area contributed by atoms with E-state index in [1.807, 2.05) is 48.7 Å². The van der Waals surface area contributed by atoms with Crippen LogP contribution in [0.4, 0.5) is 11.4 Å². The average molecular weight is 402 g/mol. The molecule has 0 aliphatic carbocycles. The fourth-order valence-electron chi connectivity index (χ4n) is 2.68. The highest BCUT2D eigenvalue weighted by molar-refractivity contribution is 8.01. The Labute approximate surface area is 163 Å². The Morgan fingerprint density at radius 3 is 3.00 bits per heavy atom. The van der Waals surface area contributed by atoms with E-state index in [4.69, 9.17) is 0 Å². The van der Waals surface area contributed by atoms with Crippen LogP contribution in [0.2, 0.25) is 0 Å². The number of thioether (sulfide) groups is 2. The molecular formula is C18H15N3O2S3. The molecule has 0 unspecified atom stereocenters. The first-order valence-electron chi connectivity index (χ1n) is 7.93. The molecule has 2 N–H and O–H groups in total. The first kappa shape index (κ1) is 17.4. The van der Waals surface area contributed by atoms with Gasteiger partial charge in [-0.3, -0.25) is 9.59 Å². The highest BCUT2D eigenvalue weighted by Crippen LogP contribution is 2.37. The summed E-state index contributed by atoms with van der Waals surface area (Å²) in [6, 6.07) is 13.3. The molecule has 0 saturated carbocycles. The average Bonchev–Trinajstić information content (AvgIpc) is 3.05. The van der Waals surface area contributed by atoms with E-state index in [9.17, 15) is 9.59 Å². The number of carbonyl (C=O) groups is 2. The molecule has 8 heteroatoms. The number of para-hydroxylation sites is 1. The maximum atomic E-state index is 12.4. The number of anilines is 2. The topological polar surface area (TPSA) is 71.1 Å². The monoisotopic (exact) mass is 401 g/mol. The van der Waals surface area contributed by atoms with Gasteiger partial charge in [0, 0.05) is 17.0 Å². The Balaban J connectivity index is 1.45. The highest BCUT2D eigenvalue weighted by Gasteiger charge is 2.28. The van der Waals surface area contributed by atoms with Gasteiger partial charge in [-0.25, -0.2) is 4.98 Å². The summed E-state index contributed by atoms with van der Waals surface area (Å²) in [6.45, 7) is 0. The summed E-state index contributed by atoms with van der Waals surface area (Å²) in [7, 11) is 0. The fraction of sp³-hybridized carbons (Fsp3) is 0.167. The Morgan fingerprint density at radius 2 is 2.15 bits per heavy atom. The Hall–Kier alpha value is -2.03. The van der Waals surface area contributed by atoms with E-state index in [0.29, 0.717) is 0 Å². The molecule has 2 aromatic carbocycles. The van der Waals surface area contributed by atoms with Crippen LogP contribution in [-0.2, 0) is 9.59 Å². The van der Waals surface area contributed by atoms with Gasteiger partial charge < -0.3 is 10.6 Å². The number of thiazole rings is 1. The predicted octanol–water partition coefficient (Wildman–Crippen LogP) is 4.46. The molecule has 26 heavy (non-hydrogen) atoms. The largest absolute Gasteiger partial charge is 0.326 e. The molecule has 3 aromatic rings. The first-order valence-corrected chi connectivity index (χ1v) is 10.9. The zero-order chi connectivity index (χ0) is 18.1. The van der Waals surface area contributed by atoms with E-state index in [0.717, 1.165) is 30.8 Å². The van der Waals surface area contributed by atoms with Crippen LogP contribution >= 0.6 is 34.9 Å². The van der Waals surface area contributed by atoms with Gasteiger partial charge in [-0.15, -0.1) is 23.1 Å². The van der Waals surface area contributed by atoms with E-state index in [1.165, 1.54) is 11.8 Å². The molecule has 2 heterocycles. The lowest BCUT2D eigenvalue weighted by molar-refractivity contribution is -0.120. The Kier molecular flexibility index (Phi) is 4.88. The lowest BCUT2D eigenvalue weighted by Gasteiger charge is -2.23. The lowest BCUT2D eigenvalue weighted by atomic mass is 10.2. The zero-order valence-corrected chi connectivity index (χ0v) is 16.3. The molecule has 4 rings (SSSR count). The number of fused-ring (bicyclic) bond motifs is 2. The van der Waals surface area contributed by atoms with Gasteiger partial charge in [0.05, 0.1) is 21.2 Å². The molecule has 2 amide bonds. The molecule has 5 nitrogen and oxygen atoms in total. The normalized spacial score (nSPS) is 16.2. The minimum atomic E-state index is -0.430. The third kappa shape index (κ3) is 3.58. The van der Waals surface area contributed by atoms with Crippen molar-refractivity contribution in [3.8, 4) is 0 Å². The smallest absolute Gasteiger partial charge is 0.238 e. The second-order valence-corrected chi connectivity index (χ2v) is 9.04. The first-order chi connectivity index (χ1) is 12.6. The summed E-state index contributed by atoms with van der Waals surface area (Å²) < 4.78 is 2.03. The minimum absolute atomic E-state index is 0.127. The van der Waals surface area contributed by atoms with Crippen molar-refractivity contribution in [1.82, 2.24) is 4.98 Å². The van der Waals surface area contributed by atoms with Crippen molar-refractivity contribution >= 4 is 68.3 Å². The maximum Gasteiger partial charge on any atom is 0.238 e. The van der Waals surface area contributed by atoms with Crippen molar-refractivity contribution in [3.05, 3.63) is 42.5 Å². The summed E-state index contributed by atoms with van der Waals surface area (Å²) in [5.41, 5.74) is 2.45. The number of nitrogens with one attached hydrogen (secondary N) is 2. The number of benzene rings is 2. The number of hydrogen-bond donors (Lipinski definition) is 2. The van der Waals surface area contributed by atoms with E-state index >= 15 is 0 Å². The van der Waals surface area contributed by atoms with E-state index in [-0.39, 0.29) is 18.2 Å². The predicted molar refractivity (Wildman–Crippen MR) is 109 cm³/mol. The van der Waals surface area contributed by atoms with Crippen LogP contribution < -0.4 is 10.6 Å². The summed E-state index contributed by atoms with van der Waals surface area (Å²) in [4.78, 5) is 30.1. The number of hydrogen-bond acceptors (Lipinski definition) is 6. The SMILES string of the molecule is CSc1nc2ccc(NC(=O)C[C@H]3Sc4ccccc4NC3=O)cc2s1. The van der Waals surface area contributed by atoms with Gasteiger partial charge in [-0.2, -0.15) is 0 Å². The van der Waals surface area contributed by atoms with Crippen molar-refractivity contribution in [2.75, 3.05) is 16.9 Å². The van der Waals surface area contributed by atoms with Crippen molar-refractivity contribution in [1.29, 1.82) is 0 Å². The summed E-state index contributed by atoms with van der Waals surface area (Å²) >= 11 is 4.63. The van der Waals surface area contributed by atoms with Crippen molar-refractivity contribution < 1.29 is 9.59 Å². The second kappa shape index (κ2) is 7.30. The van der Waals surface area contributed by atoms with Crippen LogP contribution in [-0.4, -0.2) is 28.3 Å². The zero-order valence-electron chi connectivity index (χ0n) is 13.8. The Morgan fingerprint density at radius 1 is 1.31 bits per heavy atom. The van der Waals surface area contributed by atoms with Crippen LogP contribution in [0.25, 0.3) is 10.2 Å². The van der Waals surface area contributed by atoms with Gasteiger partial charge in [0.15, 0.2) is 4.34 Å². The van der Waals surface area contributed by atoms with E-state index in [1.54, 1.807) is 23.1 Å². The molecule has 0 radical (unpaired) electrons. The number of carbonyl (C=O) groups excluding carboxylic acids is 2. The second-order valence-electron chi connectivity index (χ2n) is 5.71. The highest BCUT2D eigenvalue weighted by atomic mass is 32.2. The number of nitrogens with zero attached hydrogens (tertiary/aromatic N) is 1. The molecule has 1 aliphatic heterocycles. The van der Waals surface area contributed by atoms with Crippen LogP contribution in [0.3, 0.4) is 0 Å². The third-order valence-corrected chi connectivity index (χ3v) is 7.18. The molecule has 1 aromatic heterocycles. The molecule has 0 fully saturated rings. The van der Waals surface area contributed by atoms with Crippen LogP contribution in [0.1, 0.15) is 6.42 Å². The van der Waals surface area contributed by atoms with E-state index in [2.05, 4.69) is 15.6 Å². The van der Waals surface area contributed by atoms with Crippen molar-refractivity contribution in [2.24, 2.45) is 0 Å². The fourth-order valence-corrected chi connectivity index (χ4v) is 5.31. The van der Waals surface area contributed by atoms with Crippen LogP contribution in [0, 0.1) is 0 Å². The van der Waals surface area contributed by atoms with Gasteiger partial charge in [0.1, 0.15) is 0 Å². The third-order valence-electron chi connectivity index (χ3n) is 3.90. The van der Waals surface area contributed by atoms with Gasteiger partial charge in [-0.05, 0) is 36.6 Å². The van der Waals surface area contributed by atoms with Crippen LogP contribution in [0.5, 0.6) is 0 Å². The standard InChI is InChI=1S/C18H15N3O2S3/c1-24-18-21-12-7-6-10(8-14(12)26-18)19-16(22)9-15-17(23)20-11-4-2-3-5-13(11)25-15/h2-8,15H,9H2,1H3,(H,19,22)(H,20,23)/t15-/m1/s1. The molecule has 1 aliphatic rings. The summed E-state index contributed by atoms with van der Waals surface area (Å²) in [5.74, 6) is -0.308. The molecule has 0 saturated heterocycles. The maximum absolute atomic E-state index is 12.4. The number of amides is 2. The van der Waals surface area contributed by atoms with Gasteiger partial charge >= 0.3 is 0 Å². The van der Waals surface area contributed by atoms with Gasteiger partial charge in [0.25, 0.3) is 0 Å². The van der Waals surface area contributed by atoms with Gasteiger partial charge in [-0.1, -0.05) is 23.9 Å². The molecular weight excluding hydrogens is 386 g/mol. The quantitative estimate of drug-likeness (QED) is 0.632. The Bertz CT molecular complexity index is 1000. The van der Waals surface area contributed by atoms with Crippen molar-refractivity contribution in [2.45, 2.75) is 20.9 Å². The number of aromatic nitrogens is 1. The lowest BCUT2D eigenvalue weighted by Crippen LogP contribution is -2.32. The number of rotatable bonds is 4. The molecule has 132 valence electrons. The molecule has 1 atom stereocenters. The summed E-state index contributed by atoms with van der Waals surface area (Å²) in [6.07, 6.45) is 2.12. The summed E-state index contributed by atoms with van der Waals surface area (Å²) in [5, 5.41) is 5.33. The molecule has 0 bridgehead atoms. The van der Waals surface area contributed by atoms with Gasteiger partial charge in [0.2, 0.25) is 11.8 Å². The minimum Gasteiger partial charge on any atom is -0.326 e. The van der Waals surface area contributed by atoms with Crippen molar-refractivity contribution in [3.63, 3.8) is 0 Å². The molecule has 0 spiro atoms. The van der Waals surface area contributed by atoms with E-state index < -0.39 is 5.25 Å². The van der Waals surface area contributed by atoms with Crippen LogP contribution in [0.15, 0.2) is 51.7 Å².